The lowest BCUT2D eigenvalue weighted by Crippen LogP contribution is -2.32. The highest BCUT2D eigenvalue weighted by molar-refractivity contribution is 6.32. The Hall–Kier alpha value is -4.77. The van der Waals surface area contributed by atoms with Crippen molar-refractivity contribution in [3.63, 3.8) is 0 Å². The maximum atomic E-state index is 12.6. The minimum atomic E-state index is -0.297. The van der Waals surface area contributed by atoms with Crippen LogP contribution in [0.3, 0.4) is 0 Å². The van der Waals surface area contributed by atoms with Crippen LogP contribution in [-0.4, -0.2) is 44.9 Å². The van der Waals surface area contributed by atoms with Gasteiger partial charge in [0.1, 0.15) is 10.8 Å². The molecule has 0 unspecified atom stereocenters. The number of rotatable bonds is 2. The van der Waals surface area contributed by atoms with Crippen LogP contribution in [0, 0.1) is 5.82 Å². The first kappa shape index (κ1) is 28.7. The first-order valence-corrected chi connectivity index (χ1v) is 13.9. The van der Waals surface area contributed by atoms with Crippen molar-refractivity contribution in [2.45, 2.75) is 32.6 Å². The number of anilines is 6. The summed E-state index contributed by atoms with van der Waals surface area (Å²) in [7, 11) is 0. The molecule has 216 valence electrons. The molecule has 1 fully saturated rings. The number of urea groups is 1. The Balaban J connectivity index is 0.000000199. The Morgan fingerprint density at radius 1 is 0.929 bits per heavy atom. The molecule has 42 heavy (non-hydrogen) atoms. The van der Waals surface area contributed by atoms with E-state index < -0.39 is 0 Å². The van der Waals surface area contributed by atoms with Gasteiger partial charge in [0.2, 0.25) is 11.9 Å². The smallest absolute Gasteiger partial charge is 0.321 e. The van der Waals surface area contributed by atoms with E-state index in [9.17, 15) is 14.0 Å². The van der Waals surface area contributed by atoms with Crippen molar-refractivity contribution in [3.8, 4) is 0 Å². The summed E-state index contributed by atoms with van der Waals surface area (Å²) < 4.78 is 12.6. The van der Waals surface area contributed by atoms with Crippen molar-refractivity contribution in [1.29, 1.82) is 0 Å². The quantitative estimate of drug-likeness (QED) is 0.210. The van der Waals surface area contributed by atoms with Gasteiger partial charge in [0.15, 0.2) is 5.82 Å². The van der Waals surface area contributed by atoms with Gasteiger partial charge >= 0.3 is 6.03 Å². The number of hydrogen-bond acceptors (Lipinski definition) is 7. The number of nitrogens with zero attached hydrogens (tertiary/aromatic N) is 4. The first-order chi connectivity index (χ1) is 20.3. The number of benzene rings is 2. The molecule has 0 atom stereocenters. The largest absolute Gasteiger partial charge is 0.339 e. The van der Waals surface area contributed by atoms with Crippen molar-refractivity contribution in [2.24, 2.45) is 0 Å². The molecule has 0 saturated carbocycles. The Kier molecular flexibility index (Phi) is 9.08. The molecule has 0 aliphatic carbocycles. The van der Waals surface area contributed by atoms with E-state index in [1.165, 1.54) is 19.1 Å². The molecular formula is C30H30ClFN8O2. The van der Waals surface area contributed by atoms with Gasteiger partial charge in [-0.15, -0.1) is 0 Å². The van der Waals surface area contributed by atoms with E-state index in [4.69, 9.17) is 11.6 Å². The number of halogens is 2. The molecule has 10 nitrogen and oxygen atoms in total. The number of aromatic nitrogens is 3. The normalized spacial score (nSPS) is 13.5. The molecule has 2 aromatic carbocycles. The maximum absolute atomic E-state index is 12.6. The Labute approximate surface area is 247 Å². The summed E-state index contributed by atoms with van der Waals surface area (Å²) in [5, 5.41) is 12.4. The van der Waals surface area contributed by atoms with Gasteiger partial charge in [-0.1, -0.05) is 11.6 Å². The van der Waals surface area contributed by atoms with E-state index in [1.54, 1.807) is 29.4 Å². The fraction of sp³-hybridized carbons (Fsp3) is 0.233. The highest BCUT2D eigenvalue weighted by atomic mass is 35.5. The number of fused-ring (bicyclic) bond motifs is 6. The van der Waals surface area contributed by atoms with E-state index in [1.807, 2.05) is 30.5 Å². The average molecular weight is 589 g/mol. The standard InChI is InChI=1S/C19H17ClN6O.C11H13FN2O/c1-11(27)23-17-5-4-14-7-13(17)3-2-12-6-15(9-21-8-12)25-19-22-10-16(20)18(24-14)26-19;12-9-3-5-10(6-4-9)13-11(15)14-7-1-2-8-14/h4-10H,2-3H2,1H3,(H,23,27)(H2,22,24,25,26);3-6H,1-2,7-8H2,(H,13,15). The summed E-state index contributed by atoms with van der Waals surface area (Å²) in [6.07, 6.45) is 8.75. The topological polar surface area (TPSA) is 124 Å². The molecule has 2 aliphatic rings. The van der Waals surface area contributed by atoms with Crippen LogP contribution in [0.1, 0.15) is 30.9 Å². The molecule has 6 rings (SSSR count). The zero-order chi connectivity index (χ0) is 29.5. The van der Waals surface area contributed by atoms with Crippen LogP contribution in [0.5, 0.6) is 0 Å². The van der Waals surface area contributed by atoms with Gasteiger partial charge in [-0.2, -0.15) is 4.98 Å². The van der Waals surface area contributed by atoms with Crippen molar-refractivity contribution >= 4 is 58.1 Å². The first-order valence-electron chi connectivity index (χ1n) is 13.5. The van der Waals surface area contributed by atoms with E-state index in [2.05, 4.69) is 36.2 Å². The van der Waals surface area contributed by atoms with Crippen molar-refractivity contribution < 1.29 is 14.0 Å². The monoisotopic (exact) mass is 588 g/mol. The van der Waals surface area contributed by atoms with Crippen LogP contribution in [0.4, 0.5) is 43.7 Å². The van der Waals surface area contributed by atoms with Gasteiger partial charge in [0, 0.05) is 43.3 Å². The summed E-state index contributed by atoms with van der Waals surface area (Å²) in [4.78, 5) is 37.9. The zero-order valence-corrected chi connectivity index (χ0v) is 23.7. The second-order valence-corrected chi connectivity index (χ2v) is 10.3. The maximum Gasteiger partial charge on any atom is 0.321 e. The predicted molar refractivity (Wildman–Crippen MR) is 162 cm³/mol. The molecule has 0 radical (unpaired) electrons. The van der Waals surface area contributed by atoms with Crippen LogP contribution in [0.2, 0.25) is 5.02 Å². The number of amides is 3. The molecular weight excluding hydrogens is 559 g/mol. The van der Waals surface area contributed by atoms with Crippen LogP contribution >= 0.6 is 11.6 Å². The molecule has 2 aromatic heterocycles. The van der Waals surface area contributed by atoms with Crippen molar-refractivity contribution in [3.05, 3.63) is 89.1 Å². The summed E-state index contributed by atoms with van der Waals surface area (Å²) in [6, 6.07) is 13.4. The lowest BCUT2D eigenvalue weighted by molar-refractivity contribution is -0.114. The number of carbonyl (C=O) groups is 2. The van der Waals surface area contributed by atoms with Crippen LogP contribution in [-0.2, 0) is 17.6 Å². The third-order valence-electron chi connectivity index (χ3n) is 6.65. The number of likely N-dealkylation sites (tertiary alicyclic amines) is 1. The number of nitrogens with one attached hydrogen (secondary N) is 4. The minimum absolute atomic E-state index is 0.0980. The van der Waals surface area contributed by atoms with Gasteiger partial charge < -0.3 is 26.2 Å². The number of aryl methyl sites for hydroxylation is 2. The zero-order valence-electron chi connectivity index (χ0n) is 23.0. The Morgan fingerprint density at radius 2 is 1.71 bits per heavy atom. The van der Waals surface area contributed by atoms with Gasteiger partial charge in [0.05, 0.1) is 18.1 Å². The van der Waals surface area contributed by atoms with Gasteiger partial charge in [0.25, 0.3) is 0 Å². The molecule has 0 spiro atoms. The predicted octanol–water partition coefficient (Wildman–Crippen LogP) is 6.52. The van der Waals surface area contributed by atoms with Crippen LogP contribution in [0.15, 0.2) is 67.1 Å². The summed E-state index contributed by atoms with van der Waals surface area (Å²) >= 11 is 6.25. The fourth-order valence-electron chi connectivity index (χ4n) is 4.60. The van der Waals surface area contributed by atoms with Crippen molar-refractivity contribution in [1.82, 2.24) is 19.9 Å². The van der Waals surface area contributed by atoms with E-state index in [0.29, 0.717) is 22.5 Å². The number of pyridine rings is 1. The molecule has 3 amide bonds. The summed E-state index contributed by atoms with van der Waals surface area (Å²) in [5.41, 5.74) is 5.13. The van der Waals surface area contributed by atoms with E-state index in [-0.39, 0.29) is 17.8 Å². The van der Waals surface area contributed by atoms with Gasteiger partial charge in [-0.3, -0.25) is 9.78 Å². The average Bonchev–Trinajstić information content (AvgIpc) is 3.52. The molecule has 4 heterocycles. The third-order valence-corrected chi connectivity index (χ3v) is 6.92. The lowest BCUT2D eigenvalue weighted by atomic mass is 10.0. The second kappa shape index (κ2) is 13.3. The summed E-state index contributed by atoms with van der Waals surface area (Å²) in [5.74, 6) is 0.520. The van der Waals surface area contributed by atoms with Gasteiger partial charge in [-0.05, 0) is 85.3 Å². The highest BCUT2D eigenvalue weighted by Gasteiger charge is 2.17. The molecule has 6 bridgehead atoms. The molecule has 4 aromatic rings. The van der Waals surface area contributed by atoms with Gasteiger partial charge in [-0.25, -0.2) is 14.2 Å². The molecule has 12 heteroatoms. The lowest BCUT2D eigenvalue weighted by Gasteiger charge is -2.15. The molecule has 2 aliphatic heterocycles. The number of carbonyl (C=O) groups excluding carboxylic acids is 2. The number of hydrogen-bond donors (Lipinski definition) is 4. The van der Waals surface area contributed by atoms with Crippen molar-refractivity contribution in [2.75, 3.05) is 34.4 Å². The molecule has 1 saturated heterocycles. The Morgan fingerprint density at radius 3 is 2.48 bits per heavy atom. The van der Waals surface area contributed by atoms with Crippen LogP contribution < -0.4 is 21.3 Å². The SMILES string of the molecule is CC(=O)Nc1ccc2cc1CCc1cncc(c1)Nc1ncc(Cl)c(n1)N2.O=C(Nc1ccc(F)cc1)N1CCCC1. The molecule has 4 N–H and O–H groups in total. The van der Waals surface area contributed by atoms with E-state index >= 15 is 0 Å². The fourth-order valence-corrected chi connectivity index (χ4v) is 4.74. The Bertz CT molecular complexity index is 1580. The third kappa shape index (κ3) is 7.70. The van der Waals surface area contributed by atoms with E-state index in [0.717, 1.165) is 67.0 Å². The highest BCUT2D eigenvalue weighted by Crippen LogP contribution is 2.29. The second-order valence-electron chi connectivity index (χ2n) is 9.91. The minimum Gasteiger partial charge on any atom is -0.339 e. The van der Waals surface area contributed by atoms with Crippen LogP contribution in [0.25, 0.3) is 0 Å². The summed E-state index contributed by atoms with van der Waals surface area (Å²) in [6.45, 7) is 3.12.